The van der Waals surface area contributed by atoms with Gasteiger partial charge >= 0.3 is 12.6 Å². The summed E-state index contributed by atoms with van der Waals surface area (Å²) >= 11 is 1.47. The van der Waals surface area contributed by atoms with Gasteiger partial charge in [-0.2, -0.15) is 8.78 Å². The van der Waals surface area contributed by atoms with Crippen LogP contribution in [0.3, 0.4) is 0 Å². The van der Waals surface area contributed by atoms with Crippen LogP contribution in [0.15, 0.2) is 48.5 Å². The van der Waals surface area contributed by atoms with E-state index < -0.39 is 25.1 Å². The minimum Gasteiger partial charge on any atom is -0.452 e. The van der Waals surface area contributed by atoms with Gasteiger partial charge in [-0.1, -0.05) is 24.3 Å². The van der Waals surface area contributed by atoms with Crippen molar-refractivity contribution in [2.45, 2.75) is 13.2 Å². The quantitative estimate of drug-likeness (QED) is 0.560. The van der Waals surface area contributed by atoms with Crippen molar-refractivity contribution in [3.05, 3.63) is 59.1 Å². The van der Waals surface area contributed by atoms with Gasteiger partial charge in [0, 0.05) is 7.05 Å². The number of likely N-dealkylation sites (N-methyl/N-ethyl adjacent to an activating group) is 1. The van der Waals surface area contributed by atoms with E-state index in [9.17, 15) is 18.4 Å². The predicted octanol–water partition coefficient (Wildman–Crippen LogP) is 3.71. The molecule has 28 heavy (non-hydrogen) atoms. The van der Waals surface area contributed by atoms with E-state index in [0.717, 1.165) is 15.2 Å². The lowest BCUT2D eigenvalue weighted by molar-refractivity contribution is -0.133. The number of benzene rings is 2. The second kappa shape index (κ2) is 8.75. The number of carbonyl (C=O) groups is 2. The molecule has 0 aliphatic heterocycles. The molecule has 0 N–H and O–H groups in total. The number of thiazole rings is 1. The second-order valence-corrected chi connectivity index (χ2v) is 6.89. The number of ether oxygens (including phenoxy) is 2. The van der Waals surface area contributed by atoms with Gasteiger partial charge in [0.05, 0.1) is 16.8 Å². The van der Waals surface area contributed by atoms with Crippen molar-refractivity contribution in [1.82, 2.24) is 9.88 Å². The molecule has 0 radical (unpaired) electrons. The van der Waals surface area contributed by atoms with Crippen molar-refractivity contribution in [1.29, 1.82) is 0 Å². The number of halogens is 2. The molecule has 0 bridgehead atoms. The lowest BCUT2D eigenvalue weighted by atomic mass is 10.2. The number of aromatic nitrogens is 1. The molecule has 1 heterocycles. The molecule has 3 rings (SSSR count). The van der Waals surface area contributed by atoms with Crippen molar-refractivity contribution in [3.63, 3.8) is 0 Å². The summed E-state index contributed by atoms with van der Waals surface area (Å²) in [6.07, 6.45) is 0. The summed E-state index contributed by atoms with van der Waals surface area (Å²) < 4.78 is 35.1. The van der Waals surface area contributed by atoms with E-state index in [2.05, 4.69) is 9.72 Å². The maximum atomic E-state index is 12.4. The average Bonchev–Trinajstić information content (AvgIpc) is 3.08. The molecule has 0 unspecified atom stereocenters. The Bertz CT molecular complexity index is 960. The highest BCUT2D eigenvalue weighted by Crippen LogP contribution is 2.23. The zero-order chi connectivity index (χ0) is 20.1. The van der Waals surface area contributed by atoms with Gasteiger partial charge in [0.1, 0.15) is 16.3 Å². The van der Waals surface area contributed by atoms with Crippen LogP contribution in [0.2, 0.25) is 0 Å². The van der Waals surface area contributed by atoms with Crippen LogP contribution < -0.4 is 4.74 Å². The monoisotopic (exact) mass is 406 g/mol. The zero-order valence-electron chi connectivity index (χ0n) is 14.8. The van der Waals surface area contributed by atoms with Crippen molar-refractivity contribution in [2.75, 3.05) is 13.7 Å². The molecule has 1 aromatic heterocycles. The van der Waals surface area contributed by atoms with Crippen molar-refractivity contribution >= 4 is 33.4 Å². The van der Waals surface area contributed by atoms with Gasteiger partial charge in [0.25, 0.3) is 5.91 Å². The molecule has 0 aliphatic rings. The van der Waals surface area contributed by atoms with Crippen molar-refractivity contribution in [2.24, 2.45) is 0 Å². The number of hydrogen-bond donors (Lipinski definition) is 0. The topological polar surface area (TPSA) is 68.7 Å². The first-order chi connectivity index (χ1) is 13.4. The van der Waals surface area contributed by atoms with Crippen molar-refractivity contribution in [3.8, 4) is 5.75 Å². The fourth-order valence-electron chi connectivity index (χ4n) is 2.43. The Labute approximate surface area is 163 Å². The molecule has 0 fully saturated rings. The predicted molar refractivity (Wildman–Crippen MR) is 99.5 cm³/mol. The third-order valence-corrected chi connectivity index (χ3v) is 4.81. The average molecular weight is 406 g/mol. The van der Waals surface area contributed by atoms with Crippen LogP contribution in [0.25, 0.3) is 10.2 Å². The molecule has 6 nitrogen and oxygen atoms in total. The summed E-state index contributed by atoms with van der Waals surface area (Å²) in [5, 5.41) is 0.749. The lowest BCUT2D eigenvalue weighted by Crippen LogP contribution is -2.30. The normalized spacial score (nSPS) is 10.9. The van der Waals surface area contributed by atoms with Crippen LogP contribution in [-0.2, 0) is 16.1 Å². The maximum absolute atomic E-state index is 12.4. The summed E-state index contributed by atoms with van der Waals surface area (Å²) in [5.74, 6) is -1.67. The van der Waals surface area contributed by atoms with Crippen LogP contribution in [0.5, 0.6) is 5.75 Å². The van der Waals surface area contributed by atoms with Gasteiger partial charge in [0.15, 0.2) is 6.61 Å². The SMILES string of the molecule is CN(Cc1nc2ccccc2s1)C(=O)COC(=O)c1ccccc1OC(F)F. The van der Waals surface area contributed by atoms with Gasteiger partial charge < -0.3 is 14.4 Å². The number of amides is 1. The smallest absolute Gasteiger partial charge is 0.387 e. The molecule has 1 amide bonds. The summed E-state index contributed by atoms with van der Waals surface area (Å²) in [4.78, 5) is 30.2. The first-order valence-electron chi connectivity index (χ1n) is 8.23. The fourth-order valence-corrected chi connectivity index (χ4v) is 3.45. The number of fused-ring (bicyclic) bond motifs is 1. The van der Waals surface area contributed by atoms with Crippen LogP contribution in [0.1, 0.15) is 15.4 Å². The minimum absolute atomic E-state index is 0.176. The van der Waals surface area contributed by atoms with Crippen LogP contribution >= 0.6 is 11.3 Å². The Morgan fingerprint density at radius 2 is 1.86 bits per heavy atom. The van der Waals surface area contributed by atoms with Crippen molar-refractivity contribution < 1.29 is 27.8 Å². The molecule has 3 aromatic rings. The molecule has 9 heteroatoms. The number of esters is 1. The molecule has 0 spiro atoms. The Hall–Kier alpha value is -3.07. The van der Waals surface area contributed by atoms with Gasteiger partial charge in [-0.15, -0.1) is 11.3 Å². The summed E-state index contributed by atoms with van der Waals surface area (Å²) in [6.45, 7) is -3.33. The van der Waals surface area contributed by atoms with E-state index in [4.69, 9.17) is 4.74 Å². The Morgan fingerprint density at radius 1 is 1.14 bits per heavy atom. The van der Waals surface area contributed by atoms with Gasteiger partial charge in [-0.25, -0.2) is 9.78 Å². The lowest BCUT2D eigenvalue weighted by Gasteiger charge is -2.16. The summed E-state index contributed by atoms with van der Waals surface area (Å²) in [7, 11) is 1.57. The highest BCUT2D eigenvalue weighted by atomic mass is 32.1. The Balaban J connectivity index is 1.58. The van der Waals surface area contributed by atoms with E-state index in [1.165, 1.54) is 40.5 Å². The highest BCUT2D eigenvalue weighted by Gasteiger charge is 2.19. The van der Waals surface area contributed by atoms with E-state index in [-0.39, 0.29) is 17.9 Å². The first kappa shape index (κ1) is 19.7. The second-order valence-electron chi connectivity index (χ2n) is 5.78. The fraction of sp³-hybridized carbons (Fsp3) is 0.211. The van der Waals surface area contributed by atoms with Gasteiger partial charge in [0.2, 0.25) is 0 Å². The molecule has 146 valence electrons. The number of nitrogens with zero attached hydrogens (tertiary/aromatic N) is 2. The third-order valence-electron chi connectivity index (χ3n) is 3.79. The third kappa shape index (κ3) is 4.80. The number of para-hydroxylation sites is 2. The molecule has 0 saturated heterocycles. The minimum atomic E-state index is -3.07. The largest absolute Gasteiger partial charge is 0.452 e. The van der Waals surface area contributed by atoms with Gasteiger partial charge in [-0.05, 0) is 24.3 Å². The maximum Gasteiger partial charge on any atom is 0.387 e. The number of rotatable bonds is 7. The van der Waals surface area contributed by atoms with Gasteiger partial charge in [-0.3, -0.25) is 4.79 Å². The molecular weight excluding hydrogens is 390 g/mol. The van der Waals surface area contributed by atoms with E-state index >= 15 is 0 Å². The number of hydrogen-bond acceptors (Lipinski definition) is 6. The molecular formula is C19H16F2N2O4S. The standard InChI is InChI=1S/C19H16F2N2O4S/c1-23(10-16-22-13-7-3-5-9-15(13)28-16)17(24)11-26-18(25)12-6-2-4-8-14(12)27-19(20)21/h2-9,19H,10-11H2,1H3. The van der Waals surface area contributed by atoms with Crippen LogP contribution in [-0.4, -0.2) is 42.0 Å². The Kier molecular flexibility index (Phi) is 6.15. The Morgan fingerprint density at radius 3 is 2.61 bits per heavy atom. The molecule has 0 atom stereocenters. The van der Waals surface area contributed by atoms with Crippen LogP contribution in [0.4, 0.5) is 8.78 Å². The summed E-state index contributed by atoms with van der Waals surface area (Å²) in [5.41, 5.74) is 0.676. The van der Waals surface area contributed by atoms with Crippen LogP contribution in [0, 0.1) is 0 Å². The van der Waals surface area contributed by atoms with E-state index in [1.807, 2.05) is 24.3 Å². The number of carbonyl (C=O) groups excluding carboxylic acids is 2. The molecule has 2 aromatic carbocycles. The van der Waals surface area contributed by atoms with E-state index in [0.29, 0.717) is 0 Å². The highest BCUT2D eigenvalue weighted by molar-refractivity contribution is 7.18. The first-order valence-corrected chi connectivity index (χ1v) is 9.05. The summed E-state index contributed by atoms with van der Waals surface area (Å²) in [6, 6.07) is 13.1. The van der Waals surface area contributed by atoms with E-state index in [1.54, 1.807) is 7.05 Å². The zero-order valence-corrected chi connectivity index (χ0v) is 15.6. The molecule has 0 saturated carbocycles. The number of alkyl halides is 2. The molecule has 0 aliphatic carbocycles.